The molecule has 2 aromatic rings. The first-order chi connectivity index (χ1) is 8.91. The third kappa shape index (κ3) is 2.79. The van der Waals surface area contributed by atoms with Crippen LogP contribution in [0.5, 0.6) is 0 Å². The second-order valence-electron chi connectivity index (χ2n) is 4.91. The van der Waals surface area contributed by atoms with Crippen LogP contribution in [0.2, 0.25) is 10.0 Å². The van der Waals surface area contributed by atoms with Crippen LogP contribution in [0.15, 0.2) is 30.3 Å². The number of hydrogen-bond donors (Lipinski definition) is 1. The van der Waals surface area contributed by atoms with Crippen LogP contribution in [0.3, 0.4) is 0 Å². The van der Waals surface area contributed by atoms with Crippen molar-refractivity contribution < 1.29 is 0 Å². The minimum absolute atomic E-state index is 0.305. The Balaban J connectivity index is 2.56. The maximum atomic E-state index is 6.37. The molecule has 0 bridgehead atoms. The van der Waals surface area contributed by atoms with Crippen LogP contribution in [0.4, 0.5) is 0 Å². The molecule has 0 saturated carbocycles. The Bertz CT molecular complexity index is 600. The average Bonchev–Trinajstić information content (AvgIpc) is 2.33. The molecule has 1 nitrogen and oxygen atoms in total. The van der Waals surface area contributed by atoms with E-state index in [0.717, 1.165) is 16.7 Å². The van der Waals surface area contributed by atoms with Gasteiger partial charge < -0.3 is 5.73 Å². The van der Waals surface area contributed by atoms with E-state index in [4.69, 9.17) is 28.9 Å². The van der Waals surface area contributed by atoms with Crippen molar-refractivity contribution in [3.05, 3.63) is 68.2 Å². The van der Waals surface area contributed by atoms with Gasteiger partial charge in [-0.15, -0.1) is 0 Å². The smallest absolute Gasteiger partial charge is 0.0584 e. The Hall–Kier alpha value is -1.02. The van der Waals surface area contributed by atoms with Crippen molar-refractivity contribution in [3.63, 3.8) is 0 Å². The Kier molecular flexibility index (Phi) is 4.19. The maximum absolute atomic E-state index is 6.37. The van der Waals surface area contributed by atoms with Gasteiger partial charge in [0.05, 0.1) is 6.04 Å². The number of rotatable bonds is 2. The summed E-state index contributed by atoms with van der Waals surface area (Å²) >= 11 is 12.5. The molecule has 0 saturated heterocycles. The van der Waals surface area contributed by atoms with Crippen molar-refractivity contribution in [1.29, 1.82) is 0 Å². The van der Waals surface area contributed by atoms with Gasteiger partial charge >= 0.3 is 0 Å². The fourth-order valence-electron chi connectivity index (χ4n) is 2.28. The minimum atomic E-state index is -0.305. The van der Waals surface area contributed by atoms with Gasteiger partial charge in [0, 0.05) is 15.6 Å². The molecule has 0 fully saturated rings. The van der Waals surface area contributed by atoms with Crippen molar-refractivity contribution in [2.75, 3.05) is 0 Å². The molecule has 0 aromatic heterocycles. The van der Waals surface area contributed by atoms with E-state index < -0.39 is 0 Å². The molecule has 0 spiro atoms. The van der Waals surface area contributed by atoms with Gasteiger partial charge in [0.15, 0.2) is 0 Å². The van der Waals surface area contributed by atoms with Crippen molar-refractivity contribution in [3.8, 4) is 0 Å². The molecule has 2 N–H and O–H groups in total. The highest BCUT2D eigenvalue weighted by atomic mass is 35.5. The summed E-state index contributed by atoms with van der Waals surface area (Å²) < 4.78 is 0. The zero-order chi connectivity index (χ0) is 14.2. The number of hydrogen-bond acceptors (Lipinski definition) is 1. The van der Waals surface area contributed by atoms with Crippen molar-refractivity contribution >= 4 is 23.2 Å². The normalized spacial score (nSPS) is 12.5. The molecule has 0 aliphatic rings. The van der Waals surface area contributed by atoms with Gasteiger partial charge in [-0.2, -0.15) is 0 Å². The number of nitrogens with two attached hydrogens (primary N) is 1. The topological polar surface area (TPSA) is 26.0 Å². The number of aryl methyl sites for hydroxylation is 3. The lowest BCUT2D eigenvalue weighted by Crippen LogP contribution is -2.15. The van der Waals surface area contributed by atoms with E-state index in [-0.39, 0.29) is 6.04 Å². The molecule has 2 aromatic carbocycles. The molecule has 0 radical (unpaired) electrons. The van der Waals surface area contributed by atoms with Crippen LogP contribution in [-0.4, -0.2) is 0 Å². The first-order valence-electron chi connectivity index (χ1n) is 6.19. The first-order valence-corrected chi connectivity index (χ1v) is 6.94. The molecule has 0 aliphatic heterocycles. The predicted molar refractivity (Wildman–Crippen MR) is 83.1 cm³/mol. The van der Waals surface area contributed by atoms with Crippen molar-refractivity contribution in [1.82, 2.24) is 0 Å². The molecule has 0 amide bonds. The fourth-order valence-corrected chi connectivity index (χ4v) is 2.91. The highest BCUT2D eigenvalue weighted by Gasteiger charge is 2.18. The van der Waals surface area contributed by atoms with E-state index in [0.29, 0.717) is 10.0 Å². The van der Waals surface area contributed by atoms with Gasteiger partial charge in [0.2, 0.25) is 0 Å². The molecule has 100 valence electrons. The van der Waals surface area contributed by atoms with Crippen LogP contribution in [0.1, 0.15) is 33.9 Å². The summed E-state index contributed by atoms with van der Waals surface area (Å²) in [7, 11) is 0. The summed E-state index contributed by atoms with van der Waals surface area (Å²) in [5.74, 6) is 0. The molecular weight excluding hydrogens is 277 g/mol. The van der Waals surface area contributed by atoms with E-state index >= 15 is 0 Å². The van der Waals surface area contributed by atoms with E-state index in [2.05, 4.69) is 32.9 Å². The SMILES string of the molecule is Cc1cc(C)c(C(N)c2c(Cl)cccc2Cl)cc1C. The summed E-state index contributed by atoms with van der Waals surface area (Å²) in [6, 6.07) is 9.43. The van der Waals surface area contributed by atoms with Gasteiger partial charge in [-0.1, -0.05) is 41.4 Å². The van der Waals surface area contributed by atoms with Gasteiger partial charge in [0.25, 0.3) is 0 Å². The number of halogens is 2. The summed E-state index contributed by atoms with van der Waals surface area (Å²) in [5, 5.41) is 1.22. The summed E-state index contributed by atoms with van der Waals surface area (Å²) in [6.07, 6.45) is 0. The van der Waals surface area contributed by atoms with Crippen LogP contribution >= 0.6 is 23.2 Å². The Morgan fingerprint density at radius 3 is 2.00 bits per heavy atom. The third-order valence-electron chi connectivity index (χ3n) is 3.53. The quantitative estimate of drug-likeness (QED) is 0.831. The van der Waals surface area contributed by atoms with E-state index in [1.54, 1.807) is 0 Å². The lowest BCUT2D eigenvalue weighted by molar-refractivity contribution is 0.859. The molecule has 0 aliphatic carbocycles. The predicted octanol–water partition coefficient (Wildman–Crippen LogP) is 4.97. The monoisotopic (exact) mass is 293 g/mol. The van der Waals surface area contributed by atoms with Gasteiger partial charge in [-0.25, -0.2) is 0 Å². The van der Waals surface area contributed by atoms with Crippen LogP contribution in [0.25, 0.3) is 0 Å². The van der Waals surface area contributed by atoms with Gasteiger partial charge in [-0.05, 0) is 55.2 Å². The van der Waals surface area contributed by atoms with E-state index in [9.17, 15) is 0 Å². The first kappa shape index (κ1) is 14.4. The lowest BCUT2D eigenvalue weighted by atomic mass is 9.92. The Morgan fingerprint density at radius 1 is 0.895 bits per heavy atom. The van der Waals surface area contributed by atoms with E-state index in [1.807, 2.05) is 18.2 Å². The molecule has 3 heteroatoms. The van der Waals surface area contributed by atoms with Crippen LogP contribution < -0.4 is 5.73 Å². The van der Waals surface area contributed by atoms with E-state index in [1.165, 1.54) is 11.1 Å². The second kappa shape index (κ2) is 5.54. The third-order valence-corrected chi connectivity index (χ3v) is 4.19. The average molecular weight is 294 g/mol. The molecular formula is C16H17Cl2N. The molecule has 0 heterocycles. The maximum Gasteiger partial charge on any atom is 0.0584 e. The Labute approximate surface area is 124 Å². The van der Waals surface area contributed by atoms with Gasteiger partial charge in [-0.3, -0.25) is 0 Å². The largest absolute Gasteiger partial charge is 0.320 e. The molecule has 1 unspecified atom stereocenters. The summed E-state index contributed by atoms with van der Waals surface area (Å²) in [6.45, 7) is 6.24. The summed E-state index contributed by atoms with van der Waals surface area (Å²) in [4.78, 5) is 0. The highest BCUT2D eigenvalue weighted by molar-refractivity contribution is 6.36. The second-order valence-corrected chi connectivity index (χ2v) is 5.72. The van der Waals surface area contributed by atoms with Crippen molar-refractivity contribution in [2.45, 2.75) is 26.8 Å². The highest BCUT2D eigenvalue weighted by Crippen LogP contribution is 2.34. The minimum Gasteiger partial charge on any atom is -0.320 e. The zero-order valence-corrected chi connectivity index (χ0v) is 12.8. The van der Waals surface area contributed by atoms with Crippen LogP contribution in [-0.2, 0) is 0 Å². The summed E-state index contributed by atoms with van der Waals surface area (Å²) in [5.41, 5.74) is 11.9. The Morgan fingerprint density at radius 2 is 1.42 bits per heavy atom. The molecule has 2 rings (SSSR count). The lowest BCUT2D eigenvalue weighted by Gasteiger charge is -2.19. The van der Waals surface area contributed by atoms with Crippen LogP contribution in [0, 0.1) is 20.8 Å². The van der Waals surface area contributed by atoms with Gasteiger partial charge in [0.1, 0.15) is 0 Å². The fraction of sp³-hybridized carbons (Fsp3) is 0.250. The molecule has 1 atom stereocenters. The number of benzene rings is 2. The standard InChI is InChI=1S/C16H17Cl2N/c1-9-7-11(3)12(8-10(9)2)16(19)15-13(17)5-4-6-14(15)18/h4-8,16H,19H2,1-3H3. The molecule has 19 heavy (non-hydrogen) atoms. The van der Waals surface area contributed by atoms with Crippen molar-refractivity contribution in [2.24, 2.45) is 5.73 Å². The zero-order valence-electron chi connectivity index (χ0n) is 11.3.